The average Bonchev–Trinajstić information content (AvgIpc) is 2.72. The lowest BCUT2D eigenvalue weighted by molar-refractivity contribution is 0.0520. The standard InChI is InChI=1S/C11H8BrF2NO2/c1-2-17-11(16)8-3-5-9(14)7(13)4-6(12)10(5)15-8/h3-4,15H,2H2,1H3. The zero-order chi connectivity index (χ0) is 12.6. The normalized spacial score (nSPS) is 10.8. The summed E-state index contributed by atoms with van der Waals surface area (Å²) in [6.45, 7) is 1.88. The van der Waals surface area contributed by atoms with Crippen LogP contribution in [0.5, 0.6) is 0 Å². The van der Waals surface area contributed by atoms with E-state index in [4.69, 9.17) is 4.74 Å². The highest BCUT2D eigenvalue weighted by molar-refractivity contribution is 9.10. The summed E-state index contributed by atoms with van der Waals surface area (Å²) in [5, 5.41) is 0.0138. The zero-order valence-corrected chi connectivity index (χ0v) is 10.4. The number of hydrogen-bond acceptors (Lipinski definition) is 2. The van der Waals surface area contributed by atoms with Crippen molar-refractivity contribution < 1.29 is 18.3 Å². The van der Waals surface area contributed by atoms with Crippen molar-refractivity contribution in [3.8, 4) is 0 Å². The summed E-state index contributed by atoms with van der Waals surface area (Å²) in [7, 11) is 0. The predicted molar refractivity (Wildman–Crippen MR) is 61.9 cm³/mol. The Morgan fingerprint density at radius 1 is 1.47 bits per heavy atom. The second-order valence-corrected chi connectivity index (χ2v) is 4.20. The van der Waals surface area contributed by atoms with Crippen molar-refractivity contribution in [1.29, 1.82) is 0 Å². The maximum Gasteiger partial charge on any atom is 0.354 e. The van der Waals surface area contributed by atoms with E-state index >= 15 is 0 Å². The molecule has 0 spiro atoms. The van der Waals surface area contributed by atoms with E-state index in [0.717, 1.165) is 6.07 Å². The monoisotopic (exact) mass is 303 g/mol. The summed E-state index contributed by atoms with van der Waals surface area (Å²) >= 11 is 3.09. The molecule has 90 valence electrons. The molecule has 0 saturated carbocycles. The Bertz CT molecular complexity index is 595. The lowest BCUT2D eigenvalue weighted by atomic mass is 10.2. The molecular weight excluding hydrogens is 296 g/mol. The number of ether oxygens (including phenoxy) is 1. The van der Waals surface area contributed by atoms with Crippen molar-refractivity contribution in [3.63, 3.8) is 0 Å². The zero-order valence-electron chi connectivity index (χ0n) is 8.81. The number of esters is 1. The molecule has 1 aromatic heterocycles. The van der Waals surface area contributed by atoms with Crippen LogP contribution in [0, 0.1) is 11.6 Å². The van der Waals surface area contributed by atoms with Gasteiger partial charge in [-0.3, -0.25) is 0 Å². The molecule has 0 aliphatic carbocycles. The first-order valence-corrected chi connectivity index (χ1v) is 5.67. The van der Waals surface area contributed by atoms with Crippen LogP contribution in [-0.2, 0) is 4.74 Å². The maximum absolute atomic E-state index is 13.5. The highest BCUT2D eigenvalue weighted by Crippen LogP contribution is 2.28. The molecule has 0 bridgehead atoms. The molecule has 0 aliphatic heterocycles. The molecule has 0 amide bonds. The minimum Gasteiger partial charge on any atom is -0.461 e. The van der Waals surface area contributed by atoms with Crippen LogP contribution in [0.2, 0.25) is 0 Å². The molecule has 0 atom stereocenters. The number of nitrogens with one attached hydrogen (secondary N) is 1. The minimum atomic E-state index is -0.991. The number of aromatic nitrogens is 1. The third-order valence-electron chi connectivity index (χ3n) is 2.25. The molecule has 3 nitrogen and oxygen atoms in total. The molecular formula is C11H8BrF2NO2. The number of carbonyl (C=O) groups is 1. The molecule has 2 aromatic rings. The number of rotatable bonds is 2. The quantitative estimate of drug-likeness (QED) is 0.682. The van der Waals surface area contributed by atoms with Crippen molar-refractivity contribution in [3.05, 3.63) is 33.9 Å². The Morgan fingerprint density at radius 2 is 2.18 bits per heavy atom. The van der Waals surface area contributed by atoms with Gasteiger partial charge in [0.1, 0.15) is 5.69 Å². The van der Waals surface area contributed by atoms with E-state index in [2.05, 4.69) is 20.9 Å². The summed E-state index contributed by atoms with van der Waals surface area (Å²) in [6, 6.07) is 2.24. The lowest BCUT2D eigenvalue weighted by Gasteiger charge is -1.97. The minimum absolute atomic E-state index is 0.0138. The molecule has 1 N–H and O–H groups in total. The van der Waals surface area contributed by atoms with Gasteiger partial charge in [-0.1, -0.05) is 0 Å². The van der Waals surface area contributed by atoms with Crippen LogP contribution in [0.15, 0.2) is 16.6 Å². The van der Waals surface area contributed by atoms with Gasteiger partial charge in [-0.05, 0) is 35.0 Å². The van der Waals surface area contributed by atoms with E-state index in [1.165, 1.54) is 6.07 Å². The maximum atomic E-state index is 13.5. The summed E-state index contributed by atoms with van der Waals surface area (Å²) in [5.41, 5.74) is 0.416. The number of fused-ring (bicyclic) bond motifs is 1. The third kappa shape index (κ3) is 2.04. The van der Waals surface area contributed by atoms with E-state index < -0.39 is 17.6 Å². The smallest absolute Gasteiger partial charge is 0.354 e. The molecule has 0 unspecified atom stereocenters. The summed E-state index contributed by atoms with van der Waals surface area (Å²) < 4.78 is 31.7. The van der Waals surface area contributed by atoms with Crippen molar-refractivity contribution in [1.82, 2.24) is 4.98 Å². The van der Waals surface area contributed by atoms with Gasteiger partial charge >= 0.3 is 5.97 Å². The van der Waals surface area contributed by atoms with E-state index in [1.807, 2.05) is 0 Å². The Balaban J connectivity index is 2.61. The highest BCUT2D eigenvalue weighted by Gasteiger charge is 2.17. The lowest BCUT2D eigenvalue weighted by Crippen LogP contribution is -2.04. The van der Waals surface area contributed by atoms with Crippen molar-refractivity contribution in [2.75, 3.05) is 6.61 Å². The predicted octanol–water partition coefficient (Wildman–Crippen LogP) is 3.39. The first-order chi connectivity index (χ1) is 8.04. The van der Waals surface area contributed by atoms with E-state index in [0.29, 0.717) is 9.99 Å². The average molecular weight is 304 g/mol. The molecule has 6 heteroatoms. The van der Waals surface area contributed by atoms with Crippen LogP contribution in [-0.4, -0.2) is 17.6 Å². The summed E-state index contributed by atoms with van der Waals surface area (Å²) in [6.07, 6.45) is 0. The summed E-state index contributed by atoms with van der Waals surface area (Å²) in [5.74, 6) is -2.57. The first kappa shape index (κ1) is 12.0. The Morgan fingerprint density at radius 3 is 2.82 bits per heavy atom. The number of carbonyl (C=O) groups excluding carboxylic acids is 1. The van der Waals surface area contributed by atoms with Crippen molar-refractivity contribution in [2.24, 2.45) is 0 Å². The topological polar surface area (TPSA) is 42.1 Å². The number of hydrogen-bond donors (Lipinski definition) is 1. The molecule has 0 fully saturated rings. The van der Waals surface area contributed by atoms with E-state index in [-0.39, 0.29) is 17.7 Å². The van der Waals surface area contributed by atoms with Crippen molar-refractivity contribution in [2.45, 2.75) is 6.92 Å². The Labute approximate surface area is 104 Å². The van der Waals surface area contributed by atoms with Crippen LogP contribution in [0.1, 0.15) is 17.4 Å². The molecule has 0 aliphatic rings. The van der Waals surface area contributed by atoms with Crippen LogP contribution < -0.4 is 0 Å². The van der Waals surface area contributed by atoms with Gasteiger partial charge in [-0.2, -0.15) is 0 Å². The highest BCUT2D eigenvalue weighted by atomic mass is 79.9. The third-order valence-corrected chi connectivity index (χ3v) is 2.88. The van der Waals surface area contributed by atoms with E-state index in [1.54, 1.807) is 6.92 Å². The van der Waals surface area contributed by atoms with Crippen LogP contribution in [0.4, 0.5) is 8.78 Å². The molecule has 17 heavy (non-hydrogen) atoms. The molecule has 0 saturated heterocycles. The van der Waals surface area contributed by atoms with E-state index in [9.17, 15) is 13.6 Å². The molecule has 1 heterocycles. The second kappa shape index (κ2) is 4.44. The van der Waals surface area contributed by atoms with Gasteiger partial charge in [0.15, 0.2) is 11.6 Å². The second-order valence-electron chi connectivity index (χ2n) is 3.35. The van der Waals surface area contributed by atoms with Crippen LogP contribution >= 0.6 is 15.9 Å². The Hall–Kier alpha value is -1.43. The number of H-pyrrole nitrogens is 1. The van der Waals surface area contributed by atoms with Gasteiger partial charge in [0.2, 0.25) is 0 Å². The van der Waals surface area contributed by atoms with Gasteiger partial charge in [-0.25, -0.2) is 13.6 Å². The molecule has 1 aromatic carbocycles. The van der Waals surface area contributed by atoms with Gasteiger partial charge in [0.05, 0.1) is 12.1 Å². The fraction of sp³-hybridized carbons (Fsp3) is 0.182. The number of halogens is 3. The largest absolute Gasteiger partial charge is 0.461 e. The van der Waals surface area contributed by atoms with Gasteiger partial charge in [-0.15, -0.1) is 0 Å². The fourth-order valence-electron chi connectivity index (χ4n) is 1.51. The first-order valence-electron chi connectivity index (χ1n) is 4.88. The van der Waals surface area contributed by atoms with Gasteiger partial charge < -0.3 is 9.72 Å². The van der Waals surface area contributed by atoms with Crippen LogP contribution in [0.3, 0.4) is 0 Å². The fourth-order valence-corrected chi connectivity index (χ4v) is 2.02. The Kier molecular flexibility index (Phi) is 3.15. The van der Waals surface area contributed by atoms with Crippen LogP contribution in [0.25, 0.3) is 10.9 Å². The number of aromatic amines is 1. The SMILES string of the molecule is CCOC(=O)c1cc2c(F)c(F)cc(Br)c2[nH]1. The molecule has 0 radical (unpaired) electrons. The van der Waals surface area contributed by atoms with Gasteiger partial charge in [0, 0.05) is 9.86 Å². The summed E-state index contributed by atoms with van der Waals surface area (Å²) in [4.78, 5) is 14.1. The van der Waals surface area contributed by atoms with Crippen molar-refractivity contribution >= 4 is 32.8 Å². The molecule has 2 rings (SSSR count). The number of benzene rings is 1. The van der Waals surface area contributed by atoms with Gasteiger partial charge in [0.25, 0.3) is 0 Å².